The molecule has 4 nitrogen and oxygen atoms in total. The topological polar surface area (TPSA) is 47.6 Å². The first-order valence-corrected chi connectivity index (χ1v) is 8.77. The Kier molecular flexibility index (Phi) is 5.61. The maximum absolute atomic E-state index is 12.5. The zero-order chi connectivity index (χ0) is 17.7. The number of amides is 1. The van der Waals surface area contributed by atoms with Gasteiger partial charge in [-0.15, -0.1) is 0 Å². The highest BCUT2D eigenvalue weighted by Gasteiger charge is 2.37. The van der Waals surface area contributed by atoms with Gasteiger partial charge in [0.05, 0.1) is 7.11 Å². The Morgan fingerprint density at radius 2 is 1.96 bits per heavy atom. The Bertz CT molecular complexity index is 741. The maximum Gasteiger partial charge on any atom is 0.251 e. The second-order valence-electron chi connectivity index (χ2n) is 6.29. The van der Waals surface area contributed by atoms with Crippen LogP contribution in [0.5, 0.6) is 5.75 Å². The number of para-hydroxylation sites is 1. The molecule has 1 saturated heterocycles. The van der Waals surface area contributed by atoms with Crippen LogP contribution in [0, 0.1) is 0 Å². The lowest BCUT2D eigenvalue weighted by Gasteiger charge is -2.38. The normalized spacial score (nSPS) is 16.2. The van der Waals surface area contributed by atoms with Crippen molar-refractivity contribution in [2.24, 2.45) is 0 Å². The van der Waals surface area contributed by atoms with Crippen molar-refractivity contribution in [1.29, 1.82) is 0 Å². The van der Waals surface area contributed by atoms with Crippen LogP contribution in [0.2, 0.25) is 5.02 Å². The molecule has 3 rings (SSSR count). The SMILES string of the molecule is COc1ccccc1C1(CNC(=O)c2cccc(Cl)c2)CCOCC1. The monoisotopic (exact) mass is 359 g/mol. The van der Waals surface area contributed by atoms with E-state index >= 15 is 0 Å². The lowest BCUT2D eigenvalue weighted by Crippen LogP contribution is -2.44. The average molecular weight is 360 g/mol. The number of hydrogen-bond acceptors (Lipinski definition) is 3. The number of carbonyl (C=O) groups is 1. The van der Waals surface area contributed by atoms with Gasteiger partial charge in [0.15, 0.2) is 0 Å². The Labute approximate surface area is 153 Å². The minimum absolute atomic E-state index is 0.122. The quantitative estimate of drug-likeness (QED) is 0.882. The number of ether oxygens (including phenoxy) is 2. The molecule has 0 aromatic heterocycles. The number of hydrogen-bond donors (Lipinski definition) is 1. The van der Waals surface area contributed by atoms with Crippen LogP contribution in [0.1, 0.15) is 28.8 Å². The summed E-state index contributed by atoms with van der Waals surface area (Å²) in [5, 5.41) is 3.63. The van der Waals surface area contributed by atoms with Crippen molar-refractivity contribution in [3.8, 4) is 5.75 Å². The molecule has 1 heterocycles. The van der Waals surface area contributed by atoms with Gasteiger partial charge < -0.3 is 14.8 Å². The van der Waals surface area contributed by atoms with E-state index in [9.17, 15) is 4.79 Å². The largest absolute Gasteiger partial charge is 0.496 e. The predicted molar refractivity (Wildman–Crippen MR) is 98.5 cm³/mol. The number of carbonyl (C=O) groups excluding carboxylic acids is 1. The van der Waals surface area contributed by atoms with Crippen molar-refractivity contribution in [1.82, 2.24) is 5.32 Å². The average Bonchev–Trinajstić information content (AvgIpc) is 2.67. The van der Waals surface area contributed by atoms with E-state index in [1.807, 2.05) is 18.2 Å². The molecule has 0 unspecified atom stereocenters. The second-order valence-corrected chi connectivity index (χ2v) is 6.72. The van der Waals surface area contributed by atoms with Crippen molar-refractivity contribution in [2.75, 3.05) is 26.9 Å². The first kappa shape index (κ1) is 17.8. The van der Waals surface area contributed by atoms with E-state index in [0.717, 1.165) is 24.2 Å². The smallest absolute Gasteiger partial charge is 0.251 e. The van der Waals surface area contributed by atoms with E-state index in [-0.39, 0.29) is 11.3 Å². The van der Waals surface area contributed by atoms with Crippen molar-refractivity contribution < 1.29 is 14.3 Å². The summed E-state index contributed by atoms with van der Waals surface area (Å²) in [7, 11) is 1.68. The fraction of sp³-hybridized carbons (Fsp3) is 0.350. The van der Waals surface area contributed by atoms with E-state index in [1.54, 1.807) is 31.4 Å². The summed E-state index contributed by atoms with van der Waals surface area (Å²) in [6.45, 7) is 1.87. The number of halogens is 1. The van der Waals surface area contributed by atoms with Gasteiger partial charge in [0.2, 0.25) is 0 Å². The fourth-order valence-corrected chi connectivity index (χ4v) is 3.56. The van der Waals surface area contributed by atoms with Gasteiger partial charge in [0.1, 0.15) is 5.75 Å². The Morgan fingerprint density at radius 1 is 1.20 bits per heavy atom. The third-order valence-corrected chi connectivity index (χ3v) is 5.04. The Hall–Kier alpha value is -2.04. The summed E-state index contributed by atoms with van der Waals surface area (Å²) < 4.78 is 11.1. The summed E-state index contributed by atoms with van der Waals surface area (Å²) >= 11 is 5.99. The molecule has 132 valence electrons. The van der Waals surface area contributed by atoms with Gasteiger partial charge >= 0.3 is 0 Å². The van der Waals surface area contributed by atoms with Gasteiger partial charge in [0, 0.05) is 41.3 Å². The van der Waals surface area contributed by atoms with Crippen LogP contribution in [0.15, 0.2) is 48.5 Å². The molecule has 0 aliphatic carbocycles. The maximum atomic E-state index is 12.5. The molecule has 2 aromatic rings. The second kappa shape index (κ2) is 7.89. The molecule has 0 bridgehead atoms. The molecule has 5 heteroatoms. The lowest BCUT2D eigenvalue weighted by molar-refractivity contribution is 0.0479. The molecule has 0 radical (unpaired) electrons. The molecular weight excluding hydrogens is 338 g/mol. The standard InChI is InChI=1S/C20H22ClNO3/c1-24-18-8-3-2-7-17(18)20(9-11-25-12-10-20)14-22-19(23)15-5-4-6-16(21)13-15/h2-8,13H,9-12,14H2,1H3,(H,22,23). The highest BCUT2D eigenvalue weighted by molar-refractivity contribution is 6.30. The Morgan fingerprint density at radius 3 is 2.68 bits per heavy atom. The van der Waals surface area contributed by atoms with E-state index in [4.69, 9.17) is 21.1 Å². The van der Waals surface area contributed by atoms with Crippen LogP contribution in [-0.2, 0) is 10.2 Å². The van der Waals surface area contributed by atoms with Gasteiger partial charge in [-0.05, 0) is 37.1 Å². The Balaban J connectivity index is 1.83. The summed E-state index contributed by atoms with van der Waals surface area (Å²) in [5.41, 5.74) is 1.49. The third-order valence-electron chi connectivity index (χ3n) is 4.80. The fourth-order valence-electron chi connectivity index (χ4n) is 3.37. The highest BCUT2D eigenvalue weighted by Crippen LogP contribution is 2.39. The zero-order valence-corrected chi connectivity index (χ0v) is 15.0. The van der Waals surface area contributed by atoms with Crippen molar-refractivity contribution in [2.45, 2.75) is 18.3 Å². The molecule has 1 N–H and O–H groups in total. The predicted octanol–water partition coefficient (Wildman–Crippen LogP) is 3.83. The van der Waals surface area contributed by atoms with Crippen LogP contribution in [-0.4, -0.2) is 32.8 Å². The third kappa shape index (κ3) is 3.97. The minimum Gasteiger partial charge on any atom is -0.496 e. The first-order chi connectivity index (χ1) is 12.1. The van der Waals surface area contributed by atoms with Gasteiger partial charge in [-0.25, -0.2) is 0 Å². The molecule has 1 amide bonds. The van der Waals surface area contributed by atoms with Gasteiger partial charge in [-0.3, -0.25) is 4.79 Å². The van der Waals surface area contributed by atoms with Crippen LogP contribution in [0.4, 0.5) is 0 Å². The van der Waals surface area contributed by atoms with E-state index in [0.29, 0.717) is 30.3 Å². The molecule has 1 fully saturated rings. The number of methoxy groups -OCH3 is 1. The molecule has 1 aliphatic rings. The van der Waals surface area contributed by atoms with E-state index in [2.05, 4.69) is 11.4 Å². The van der Waals surface area contributed by atoms with Crippen LogP contribution in [0.3, 0.4) is 0 Å². The summed E-state index contributed by atoms with van der Waals surface area (Å²) in [6, 6.07) is 15.0. The van der Waals surface area contributed by atoms with Crippen LogP contribution < -0.4 is 10.1 Å². The van der Waals surface area contributed by atoms with E-state index < -0.39 is 0 Å². The molecule has 2 aromatic carbocycles. The molecule has 25 heavy (non-hydrogen) atoms. The number of benzene rings is 2. The minimum atomic E-state index is -0.195. The molecule has 0 atom stereocenters. The van der Waals surface area contributed by atoms with Gasteiger partial charge in [-0.2, -0.15) is 0 Å². The summed E-state index contributed by atoms with van der Waals surface area (Å²) in [6.07, 6.45) is 1.67. The summed E-state index contributed by atoms with van der Waals surface area (Å²) in [4.78, 5) is 12.5. The van der Waals surface area contributed by atoms with Gasteiger partial charge in [-0.1, -0.05) is 35.9 Å². The molecule has 1 aliphatic heterocycles. The molecule has 0 saturated carbocycles. The molecule has 0 spiro atoms. The number of nitrogens with one attached hydrogen (secondary N) is 1. The lowest BCUT2D eigenvalue weighted by atomic mass is 9.73. The van der Waals surface area contributed by atoms with Crippen LogP contribution in [0.25, 0.3) is 0 Å². The summed E-state index contributed by atoms with van der Waals surface area (Å²) in [5.74, 6) is 0.727. The molecular formula is C20H22ClNO3. The van der Waals surface area contributed by atoms with Crippen LogP contribution >= 0.6 is 11.6 Å². The number of rotatable bonds is 5. The highest BCUT2D eigenvalue weighted by atomic mass is 35.5. The van der Waals surface area contributed by atoms with Crippen molar-refractivity contribution in [3.63, 3.8) is 0 Å². The zero-order valence-electron chi connectivity index (χ0n) is 14.3. The van der Waals surface area contributed by atoms with Gasteiger partial charge in [0.25, 0.3) is 5.91 Å². The van der Waals surface area contributed by atoms with E-state index in [1.165, 1.54) is 0 Å². The van der Waals surface area contributed by atoms with Crippen molar-refractivity contribution in [3.05, 3.63) is 64.7 Å². The van der Waals surface area contributed by atoms with Crippen molar-refractivity contribution >= 4 is 17.5 Å². The first-order valence-electron chi connectivity index (χ1n) is 8.40.